The lowest BCUT2D eigenvalue weighted by atomic mass is 10.0. The van der Waals surface area contributed by atoms with E-state index >= 15 is 0 Å². The summed E-state index contributed by atoms with van der Waals surface area (Å²) in [7, 11) is 0. The van der Waals surface area contributed by atoms with Crippen molar-refractivity contribution < 1.29 is 5.11 Å². The van der Waals surface area contributed by atoms with E-state index in [9.17, 15) is 5.11 Å². The van der Waals surface area contributed by atoms with Crippen molar-refractivity contribution >= 4 is 0 Å². The van der Waals surface area contributed by atoms with E-state index in [0.717, 1.165) is 24.7 Å². The lowest BCUT2D eigenvalue weighted by Crippen LogP contribution is -1.99. The highest BCUT2D eigenvalue weighted by Crippen LogP contribution is 2.43. The first-order chi connectivity index (χ1) is 4.36. The smallest absolute Gasteiger partial charge is 0.0545 e. The van der Waals surface area contributed by atoms with E-state index in [2.05, 4.69) is 0 Å². The van der Waals surface area contributed by atoms with Crippen LogP contribution in [0.1, 0.15) is 32.1 Å². The third-order valence-electron chi connectivity index (χ3n) is 2.97. The van der Waals surface area contributed by atoms with E-state index in [1.165, 1.54) is 19.3 Å². The summed E-state index contributed by atoms with van der Waals surface area (Å²) < 4.78 is 0. The van der Waals surface area contributed by atoms with Gasteiger partial charge in [0.15, 0.2) is 0 Å². The van der Waals surface area contributed by atoms with E-state index in [4.69, 9.17) is 0 Å². The van der Waals surface area contributed by atoms with Crippen molar-refractivity contribution in [3.05, 3.63) is 0 Å². The summed E-state index contributed by atoms with van der Waals surface area (Å²) >= 11 is 0. The number of fused-ring (bicyclic) bond motifs is 1. The van der Waals surface area contributed by atoms with Gasteiger partial charge in [-0.05, 0) is 24.7 Å². The first-order valence-electron chi connectivity index (χ1n) is 4.04. The van der Waals surface area contributed by atoms with Crippen LogP contribution in [0.3, 0.4) is 0 Å². The Balaban J connectivity index is 2.02. The maximum absolute atomic E-state index is 9.24. The average Bonchev–Trinajstić information content (AvgIpc) is 2.22. The third kappa shape index (κ3) is 0.877. The summed E-state index contributed by atoms with van der Waals surface area (Å²) in [6.07, 6.45) is 6.46. The van der Waals surface area contributed by atoms with Crippen LogP contribution in [0.25, 0.3) is 0 Å². The Hall–Kier alpha value is -0.0400. The Morgan fingerprint density at radius 1 is 1.00 bits per heavy atom. The Labute approximate surface area is 56.1 Å². The fourth-order valence-corrected chi connectivity index (χ4v) is 2.53. The molecule has 0 aliphatic heterocycles. The lowest BCUT2D eigenvalue weighted by Gasteiger charge is -2.04. The van der Waals surface area contributed by atoms with Gasteiger partial charge in [0.1, 0.15) is 0 Å². The number of hydrogen-bond donors (Lipinski definition) is 1. The van der Waals surface area contributed by atoms with Gasteiger partial charge in [0.05, 0.1) is 6.10 Å². The average molecular weight is 126 g/mol. The zero-order valence-electron chi connectivity index (χ0n) is 5.71. The quantitative estimate of drug-likeness (QED) is 0.522. The predicted octanol–water partition coefficient (Wildman–Crippen LogP) is 1.56. The molecule has 0 aromatic heterocycles. The van der Waals surface area contributed by atoms with Crippen molar-refractivity contribution in [3.8, 4) is 0 Å². The second-order valence-electron chi connectivity index (χ2n) is 3.58. The molecule has 52 valence electrons. The second-order valence-corrected chi connectivity index (χ2v) is 3.58. The molecule has 2 saturated carbocycles. The number of aliphatic hydroxyl groups excluding tert-OH is 1. The molecule has 0 unspecified atom stereocenters. The third-order valence-corrected chi connectivity index (χ3v) is 2.97. The minimum absolute atomic E-state index is 0.0558. The van der Waals surface area contributed by atoms with Crippen LogP contribution in [-0.4, -0.2) is 11.2 Å². The summed E-state index contributed by atoms with van der Waals surface area (Å²) in [5.41, 5.74) is 0. The maximum Gasteiger partial charge on any atom is 0.0545 e. The first-order valence-corrected chi connectivity index (χ1v) is 4.04. The van der Waals surface area contributed by atoms with Gasteiger partial charge in [0.2, 0.25) is 0 Å². The minimum Gasteiger partial charge on any atom is -0.393 e. The van der Waals surface area contributed by atoms with Crippen LogP contribution >= 0.6 is 0 Å². The minimum atomic E-state index is 0.0558. The fraction of sp³-hybridized carbons (Fsp3) is 1.00. The zero-order chi connectivity index (χ0) is 6.27. The molecule has 0 bridgehead atoms. The molecule has 0 saturated heterocycles. The topological polar surface area (TPSA) is 20.2 Å². The molecule has 0 radical (unpaired) electrons. The SMILES string of the molecule is OC1C[C@H]2CCC[C@@H]2C1. The van der Waals surface area contributed by atoms with Crippen LogP contribution in [-0.2, 0) is 0 Å². The maximum atomic E-state index is 9.24. The molecule has 2 aliphatic carbocycles. The summed E-state index contributed by atoms with van der Waals surface area (Å²) in [6.45, 7) is 0. The number of rotatable bonds is 0. The van der Waals surface area contributed by atoms with Gasteiger partial charge >= 0.3 is 0 Å². The van der Waals surface area contributed by atoms with Crippen molar-refractivity contribution in [3.63, 3.8) is 0 Å². The van der Waals surface area contributed by atoms with Gasteiger partial charge in [0.25, 0.3) is 0 Å². The van der Waals surface area contributed by atoms with Gasteiger partial charge in [-0.3, -0.25) is 0 Å². The van der Waals surface area contributed by atoms with Crippen LogP contribution in [0.4, 0.5) is 0 Å². The molecule has 0 spiro atoms. The molecule has 1 nitrogen and oxygen atoms in total. The van der Waals surface area contributed by atoms with Crippen LogP contribution in [0, 0.1) is 11.8 Å². The van der Waals surface area contributed by atoms with Crippen molar-refractivity contribution in [1.82, 2.24) is 0 Å². The second kappa shape index (κ2) is 1.98. The van der Waals surface area contributed by atoms with E-state index in [0.29, 0.717) is 0 Å². The monoisotopic (exact) mass is 126 g/mol. The van der Waals surface area contributed by atoms with Gasteiger partial charge < -0.3 is 5.11 Å². The van der Waals surface area contributed by atoms with Gasteiger partial charge in [-0.25, -0.2) is 0 Å². The van der Waals surface area contributed by atoms with Gasteiger partial charge in [-0.2, -0.15) is 0 Å². The molecular weight excluding hydrogens is 112 g/mol. The van der Waals surface area contributed by atoms with Crippen molar-refractivity contribution in [2.24, 2.45) is 11.8 Å². The van der Waals surface area contributed by atoms with Gasteiger partial charge in [-0.1, -0.05) is 19.3 Å². The van der Waals surface area contributed by atoms with Crippen LogP contribution in [0.5, 0.6) is 0 Å². The van der Waals surface area contributed by atoms with Crippen LogP contribution in [0.15, 0.2) is 0 Å². The highest BCUT2D eigenvalue weighted by atomic mass is 16.3. The summed E-state index contributed by atoms with van der Waals surface area (Å²) in [5, 5.41) is 9.24. The molecule has 2 aliphatic rings. The highest BCUT2D eigenvalue weighted by molar-refractivity contribution is 4.87. The van der Waals surface area contributed by atoms with E-state index in [1.807, 2.05) is 0 Å². The Morgan fingerprint density at radius 2 is 1.56 bits per heavy atom. The molecule has 0 heterocycles. The molecule has 0 amide bonds. The van der Waals surface area contributed by atoms with E-state index in [1.54, 1.807) is 0 Å². The fourth-order valence-electron chi connectivity index (χ4n) is 2.53. The number of hydrogen-bond acceptors (Lipinski definition) is 1. The van der Waals surface area contributed by atoms with Gasteiger partial charge in [0, 0.05) is 0 Å². The zero-order valence-corrected chi connectivity index (χ0v) is 5.71. The highest BCUT2D eigenvalue weighted by Gasteiger charge is 2.35. The first kappa shape index (κ1) is 5.72. The normalized spacial score (nSPS) is 43.7. The summed E-state index contributed by atoms with van der Waals surface area (Å²) in [4.78, 5) is 0. The molecule has 1 heteroatoms. The largest absolute Gasteiger partial charge is 0.393 e. The van der Waals surface area contributed by atoms with Crippen molar-refractivity contribution in [2.75, 3.05) is 0 Å². The Kier molecular flexibility index (Phi) is 1.26. The van der Waals surface area contributed by atoms with E-state index < -0.39 is 0 Å². The summed E-state index contributed by atoms with van der Waals surface area (Å²) in [5.74, 6) is 1.81. The molecule has 1 N–H and O–H groups in total. The standard InChI is InChI=1S/C8H14O/c9-8-4-6-2-1-3-7(6)5-8/h6-9H,1-5H2/t6-,7-/m1/s1. The van der Waals surface area contributed by atoms with Crippen LogP contribution < -0.4 is 0 Å². The predicted molar refractivity (Wildman–Crippen MR) is 36.1 cm³/mol. The molecular formula is C8H14O. The molecule has 9 heavy (non-hydrogen) atoms. The van der Waals surface area contributed by atoms with Crippen molar-refractivity contribution in [2.45, 2.75) is 38.2 Å². The van der Waals surface area contributed by atoms with E-state index in [-0.39, 0.29) is 6.10 Å². The van der Waals surface area contributed by atoms with Gasteiger partial charge in [-0.15, -0.1) is 0 Å². The summed E-state index contributed by atoms with van der Waals surface area (Å²) in [6, 6.07) is 0. The Morgan fingerprint density at radius 3 is 2.11 bits per heavy atom. The molecule has 2 rings (SSSR count). The molecule has 0 aromatic rings. The van der Waals surface area contributed by atoms with Crippen LogP contribution in [0.2, 0.25) is 0 Å². The number of aliphatic hydroxyl groups is 1. The Bertz CT molecular complexity index is 99.1. The molecule has 2 fully saturated rings. The molecule has 0 aromatic carbocycles. The lowest BCUT2D eigenvalue weighted by molar-refractivity contribution is 0.172. The van der Waals surface area contributed by atoms with Crippen molar-refractivity contribution in [1.29, 1.82) is 0 Å². The molecule has 2 atom stereocenters.